The largest absolute Gasteiger partial charge is 0.353 e. The van der Waals surface area contributed by atoms with Crippen LogP contribution in [0, 0.1) is 5.82 Å². The number of benzene rings is 2. The van der Waals surface area contributed by atoms with Gasteiger partial charge in [-0.05, 0) is 48.9 Å². The zero-order chi connectivity index (χ0) is 21.0. The number of nitrogens with zero attached hydrogens (tertiary/aromatic N) is 1. The van der Waals surface area contributed by atoms with Crippen LogP contribution in [0.15, 0.2) is 54.6 Å². The molecule has 0 radical (unpaired) electrons. The standard InChI is InChI=1S/C25H29FN2O2/c26-21-12-10-20(11-13-21)25(14-4-5-15-25)18-27-24(30)22-9-6-16-28(22)23(29)17-19-7-2-1-3-8-19/h1-3,7-8,10-13,22H,4-6,9,14-18H2,(H,27,30). The molecule has 0 aromatic heterocycles. The fourth-order valence-corrected chi connectivity index (χ4v) is 5.01. The fourth-order valence-electron chi connectivity index (χ4n) is 5.01. The molecule has 0 spiro atoms. The molecule has 0 bridgehead atoms. The van der Waals surface area contributed by atoms with E-state index < -0.39 is 6.04 Å². The number of amides is 2. The third-order valence-corrected chi connectivity index (χ3v) is 6.69. The Hall–Kier alpha value is -2.69. The minimum atomic E-state index is -0.395. The molecular weight excluding hydrogens is 379 g/mol. The second-order valence-corrected chi connectivity index (χ2v) is 8.62. The molecule has 4 rings (SSSR count). The van der Waals surface area contributed by atoms with E-state index in [0.29, 0.717) is 25.9 Å². The molecule has 158 valence electrons. The summed E-state index contributed by atoms with van der Waals surface area (Å²) in [6, 6.07) is 16.0. The molecule has 2 aromatic rings. The lowest BCUT2D eigenvalue weighted by molar-refractivity contribution is -0.138. The predicted octanol–water partition coefficient (Wildman–Crippen LogP) is 3.99. The fraction of sp³-hybridized carbons (Fsp3) is 0.440. The van der Waals surface area contributed by atoms with E-state index >= 15 is 0 Å². The van der Waals surface area contributed by atoms with Gasteiger partial charge in [-0.3, -0.25) is 9.59 Å². The molecule has 4 nitrogen and oxygen atoms in total. The molecule has 30 heavy (non-hydrogen) atoms. The van der Waals surface area contributed by atoms with Crippen LogP contribution in [0.25, 0.3) is 0 Å². The van der Waals surface area contributed by atoms with Gasteiger partial charge in [0.2, 0.25) is 11.8 Å². The highest BCUT2D eigenvalue weighted by atomic mass is 19.1. The first-order valence-electron chi connectivity index (χ1n) is 10.9. The molecule has 2 amide bonds. The summed E-state index contributed by atoms with van der Waals surface area (Å²) < 4.78 is 13.4. The molecule has 2 fully saturated rings. The van der Waals surface area contributed by atoms with Crippen LogP contribution >= 0.6 is 0 Å². The van der Waals surface area contributed by atoms with Crippen LogP contribution in [0.4, 0.5) is 4.39 Å². The zero-order valence-corrected chi connectivity index (χ0v) is 17.3. The van der Waals surface area contributed by atoms with E-state index in [4.69, 9.17) is 0 Å². The predicted molar refractivity (Wildman–Crippen MR) is 114 cm³/mol. The first-order valence-corrected chi connectivity index (χ1v) is 10.9. The van der Waals surface area contributed by atoms with Gasteiger partial charge in [0, 0.05) is 18.5 Å². The minimum absolute atomic E-state index is 0.00737. The molecule has 5 heteroatoms. The van der Waals surface area contributed by atoms with Gasteiger partial charge in [0.25, 0.3) is 0 Å². The van der Waals surface area contributed by atoms with Gasteiger partial charge in [0.1, 0.15) is 11.9 Å². The smallest absolute Gasteiger partial charge is 0.242 e. The molecule has 1 aliphatic carbocycles. The van der Waals surface area contributed by atoms with Crippen LogP contribution in [-0.4, -0.2) is 35.8 Å². The van der Waals surface area contributed by atoms with E-state index in [-0.39, 0.29) is 23.0 Å². The Morgan fingerprint density at radius 2 is 1.70 bits per heavy atom. The highest BCUT2D eigenvalue weighted by Gasteiger charge is 2.38. The highest BCUT2D eigenvalue weighted by molar-refractivity contribution is 5.89. The van der Waals surface area contributed by atoms with Crippen molar-refractivity contribution in [2.24, 2.45) is 0 Å². The van der Waals surface area contributed by atoms with Crippen molar-refractivity contribution in [1.82, 2.24) is 10.2 Å². The summed E-state index contributed by atoms with van der Waals surface area (Å²) >= 11 is 0. The van der Waals surface area contributed by atoms with Crippen molar-refractivity contribution >= 4 is 11.8 Å². The van der Waals surface area contributed by atoms with E-state index in [1.165, 1.54) is 12.1 Å². The van der Waals surface area contributed by atoms with Crippen molar-refractivity contribution < 1.29 is 14.0 Å². The first-order chi connectivity index (χ1) is 14.6. The van der Waals surface area contributed by atoms with Crippen LogP contribution in [0.3, 0.4) is 0 Å². The molecule has 1 saturated carbocycles. The maximum atomic E-state index is 13.4. The number of rotatable bonds is 6. The molecule has 1 N–H and O–H groups in total. The van der Waals surface area contributed by atoms with Crippen molar-refractivity contribution in [2.75, 3.05) is 13.1 Å². The Morgan fingerprint density at radius 1 is 1.00 bits per heavy atom. The lowest BCUT2D eigenvalue weighted by Crippen LogP contribution is -2.49. The SMILES string of the molecule is O=C(NCC1(c2ccc(F)cc2)CCCC1)C1CCCN1C(=O)Cc1ccccc1. The lowest BCUT2D eigenvalue weighted by atomic mass is 9.78. The Bertz CT molecular complexity index is 876. The summed E-state index contributed by atoms with van der Waals surface area (Å²) in [6.45, 7) is 1.17. The number of hydrogen-bond donors (Lipinski definition) is 1. The number of likely N-dealkylation sites (tertiary alicyclic amines) is 1. The summed E-state index contributed by atoms with van der Waals surface area (Å²) in [5, 5.41) is 3.14. The van der Waals surface area contributed by atoms with Gasteiger partial charge >= 0.3 is 0 Å². The first kappa shape index (κ1) is 20.6. The number of nitrogens with one attached hydrogen (secondary N) is 1. The van der Waals surface area contributed by atoms with E-state index in [1.807, 2.05) is 42.5 Å². The quantitative estimate of drug-likeness (QED) is 0.786. The van der Waals surface area contributed by atoms with Crippen molar-refractivity contribution in [1.29, 1.82) is 0 Å². The number of hydrogen-bond acceptors (Lipinski definition) is 2. The molecular formula is C25H29FN2O2. The van der Waals surface area contributed by atoms with E-state index in [0.717, 1.165) is 43.2 Å². The summed E-state index contributed by atoms with van der Waals surface area (Å²) in [5.41, 5.74) is 1.92. The summed E-state index contributed by atoms with van der Waals surface area (Å²) in [6.07, 6.45) is 6.07. The van der Waals surface area contributed by atoms with Crippen LogP contribution in [0.1, 0.15) is 49.7 Å². The average Bonchev–Trinajstić information content (AvgIpc) is 3.44. The molecule has 1 atom stereocenters. The van der Waals surface area contributed by atoms with Crippen LogP contribution in [-0.2, 0) is 21.4 Å². The Labute approximate surface area is 177 Å². The van der Waals surface area contributed by atoms with Gasteiger partial charge in [-0.25, -0.2) is 4.39 Å². The monoisotopic (exact) mass is 408 g/mol. The van der Waals surface area contributed by atoms with Gasteiger partial charge in [-0.15, -0.1) is 0 Å². The van der Waals surface area contributed by atoms with Crippen molar-refractivity contribution in [3.05, 3.63) is 71.5 Å². The second-order valence-electron chi connectivity index (χ2n) is 8.62. The third kappa shape index (κ3) is 4.40. The summed E-state index contributed by atoms with van der Waals surface area (Å²) in [7, 11) is 0. The van der Waals surface area contributed by atoms with Crippen molar-refractivity contribution in [3.63, 3.8) is 0 Å². The van der Waals surface area contributed by atoms with E-state index in [2.05, 4.69) is 5.32 Å². The third-order valence-electron chi connectivity index (χ3n) is 6.69. The van der Waals surface area contributed by atoms with Gasteiger partial charge in [-0.1, -0.05) is 55.3 Å². The van der Waals surface area contributed by atoms with Crippen molar-refractivity contribution in [2.45, 2.75) is 56.4 Å². The van der Waals surface area contributed by atoms with E-state index in [1.54, 1.807) is 4.90 Å². The number of carbonyl (C=O) groups is 2. The normalized spacial score (nSPS) is 20.3. The molecule has 2 aliphatic rings. The molecule has 1 saturated heterocycles. The van der Waals surface area contributed by atoms with Crippen molar-refractivity contribution in [3.8, 4) is 0 Å². The van der Waals surface area contributed by atoms with Crippen LogP contribution in [0.5, 0.6) is 0 Å². The number of halogens is 1. The van der Waals surface area contributed by atoms with Gasteiger partial charge in [0.05, 0.1) is 6.42 Å². The Balaban J connectivity index is 1.41. The highest BCUT2D eigenvalue weighted by Crippen LogP contribution is 2.40. The van der Waals surface area contributed by atoms with Gasteiger partial charge in [-0.2, -0.15) is 0 Å². The molecule has 1 unspecified atom stereocenters. The topological polar surface area (TPSA) is 49.4 Å². The van der Waals surface area contributed by atoms with Gasteiger partial charge in [0.15, 0.2) is 0 Å². The summed E-state index contributed by atoms with van der Waals surface area (Å²) in [4.78, 5) is 27.6. The Kier molecular flexibility index (Phi) is 6.16. The minimum Gasteiger partial charge on any atom is -0.353 e. The van der Waals surface area contributed by atoms with Crippen LogP contribution in [0.2, 0.25) is 0 Å². The average molecular weight is 409 g/mol. The molecule has 1 aliphatic heterocycles. The van der Waals surface area contributed by atoms with Crippen LogP contribution < -0.4 is 5.32 Å². The number of carbonyl (C=O) groups excluding carboxylic acids is 2. The van der Waals surface area contributed by atoms with Gasteiger partial charge < -0.3 is 10.2 Å². The lowest BCUT2D eigenvalue weighted by Gasteiger charge is -2.31. The molecule has 1 heterocycles. The van der Waals surface area contributed by atoms with E-state index in [9.17, 15) is 14.0 Å². The molecule has 2 aromatic carbocycles. The Morgan fingerprint density at radius 3 is 2.40 bits per heavy atom. The maximum Gasteiger partial charge on any atom is 0.242 e. The zero-order valence-electron chi connectivity index (χ0n) is 17.3. The maximum absolute atomic E-state index is 13.4. The summed E-state index contributed by atoms with van der Waals surface area (Å²) in [5.74, 6) is -0.301. The second kappa shape index (κ2) is 8.99.